The number of rotatable bonds is 3. The Kier molecular flexibility index (Phi) is 6.27. The molecule has 2 aromatic carbocycles. The predicted octanol–water partition coefficient (Wildman–Crippen LogP) is 6.93. The number of thiophene rings is 1. The van der Waals surface area contributed by atoms with Gasteiger partial charge in [-0.25, -0.2) is 8.78 Å². The molecule has 126 valence electrons. The zero-order valence-corrected chi connectivity index (χ0v) is 15.3. The van der Waals surface area contributed by atoms with Crippen LogP contribution >= 0.6 is 11.3 Å². The van der Waals surface area contributed by atoms with Gasteiger partial charge < -0.3 is 0 Å². The first-order valence-corrected chi connectivity index (χ1v) is 8.95. The summed E-state index contributed by atoms with van der Waals surface area (Å²) in [6.07, 6.45) is 0.863. The third-order valence-corrected chi connectivity index (χ3v) is 4.87. The molecule has 0 amide bonds. The van der Waals surface area contributed by atoms with Crippen LogP contribution in [0.3, 0.4) is 0 Å². The highest BCUT2D eigenvalue weighted by Crippen LogP contribution is 2.30. The maximum Gasteiger partial charge on any atom is 0.159 e. The Morgan fingerprint density at radius 3 is 2.29 bits per heavy atom. The van der Waals surface area contributed by atoms with Crippen LogP contribution in [0.2, 0.25) is 0 Å². The number of benzene rings is 2. The van der Waals surface area contributed by atoms with E-state index in [0.717, 1.165) is 16.9 Å². The zero-order chi connectivity index (χ0) is 17.7. The summed E-state index contributed by atoms with van der Waals surface area (Å²) in [5, 5.41) is 0. The van der Waals surface area contributed by atoms with Crippen molar-refractivity contribution < 1.29 is 8.78 Å². The quantitative estimate of drug-likeness (QED) is 0.483. The van der Waals surface area contributed by atoms with Crippen LogP contribution in [0, 0.1) is 25.5 Å². The van der Waals surface area contributed by atoms with Crippen molar-refractivity contribution in [2.75, 3.05) is 0 Å². The van der Waals surface area contributed by atoms with Gasteiger partial charge >= 0.3 is 0 Å². The first-order chi connectivity index (χ1) is 11.5. The Balaban J connectivity index is 0.00000100. The Hall–Kier alpha value is -2.00. The van der Waals surface area contributed by atoms with E-state index in [2.05, 4.69) is 38.1 Å². The monoisotopic (exact) mass is 344 g/mol. The van der Waals surface area contributed by atoms with Crippen LogP contribution in [0.5, 0.6) is 0 Å². The Morgan fingerprint density at radius 1 is 0.833 bits per heavy atom. The molecule has 0 aliphatic carbocycles. The second kappa shape index (κ2) is 8.20. The van der Waals surface area contributed by atoms with E-state index in [4.69, 9.17) is 0 Å². The lowest BCUT2D eigenvalue weighted by molar-refractivity contribution is 0.509. The van der Waals surface area contributed by atoms with Gasteiger partial charge in [0.2, 0.25) is 0 Å². The summed E-state index contributed by atoms with van der Waals surface area (Å²) in [5.41, 5.74) is 4.54. The molecule has 0 unspecified atom stereocenters. The van der Waals surface area contributed by atoms with Gasteiger partial charge in [0.1, 0.15) is 0 Å². The lowest BCUT2D eigenvalue weighted by atomic mass is 10.0. The van der Waals surface area contributed by atoms with Crippen LogP contribution in [0.1, 0.15) is 35.4 Å². The van der Waals surface area contributed by atoms with Gasteiger partial charge in [-0.1, -0.05) is 43.7 Å². The molecular weight excluding hydrogens is 322 g/mol. The largest absolute Gasteiger partial charge is 0.204 e. The van der Waals surface area contributed by atoms with Gasteiger partial charge in [-0.2, -0.15) is 0 Å². The summed E-state index contributed by atoms with van der Waals surface area (Å²) >= 11 is 1.62. The molecule has 0 spiro atoms. The van der Waals surface area contributed by atoms with Crippen molar-refractivity contribution in [2.24, 2.45) is 0 Å². The number of hydrogen-bond acceptors (Lipinski definition) is 1. The van der Waals surface area contributed by atoms with E-state index in [1.807, 2.05) is 19.9 Å². The molecule has 0 saturated heterocycles. The van der Waals surface area contributed by atoms with Crippen molar-refractivity contribution in [3.05, 3.63) is 81.7 Å². The highest BCUT2D eigenvalue weighted by Gasteiger charge is 2.08. The maximum absolute atomic E-state index is 13.3. The minimum atomic E-state index is -0.809. The molecule has 0 nitrogen and oxygen atoms in total. The van der Waals surface area contributed by atoms with Gasteiger partial charge in [-0.05, 0) is 54.8 Å². The maximum atomic E-state index is 13.3. The Labute approximate surface area is 146 Å². The minimum Gasteiger partial charge on any atom is -0.204 e. The molecule has 0 atom stereocenters. The van der Waals surface area contributed by atoms with E-state index >= 15 is 0 Å². The molecule has 0 radical (unpaired) electrons. The number of hydrogen-bond donors (Lipinski definition) is 0. The van der Waals surface area contributed by atoms with E-state index in [1.165, 1.54) is 33.7 Å². The van der Waals surface area contributed by atoms with E-state index in [1.54, 1.807) is 17.4 Å². The van der Waals surface area contributed by atoms with Crippen molar-refractivity contribution in [2.45, 2.75) is 34.1 Å². The van der Waals surface area contributed by atoms with E-state index in [0.29, 0.717) is 0 Å². The summed E-state index contributed by atoms with van der Waals surface area (Å²) in [4.78, 5) is 2.17. The molecule has 24 heavy (non-hydrogen) atoms. The van der Waals surface area contributed by atoms with Crippen LogP contribution in [-0.4, -0.2) is 0 Å². The lowest BCUT2D eigenvalue weighted by Gasteiger charge is -2.05. The van der Waals surface area contributed by atoms with Crippen LogP contribution < -0.4 is 0 Å². The third kappa shape index (κ3) is 4.30. The normalized spacial score (nSPS) is 10.2. The molecule has 3 heteroatoms. The van der Waals surface area contributed by atoms with Crippen molar-refractivity contribution in [1.82, 2.24) is 0 Å². The summed E-state index contributed by atoms with van der Waals surface area (Å²) in [6, 6.07) is 14.5. The number of aryl methyl sites for hydroxylation is 2. The van der Waals surface area contributed by atoms with Crippen molar-refractivity contribution in [1.29, 1.82) is 0 Å². The first-order valence-electron chi connectivity index (χ1n) is 8.13. The Morgan fingerprint density at radius 2 is 1.58 bits per heavy atom. The van der Waals surface area contributed by atoms with Gasteiger partial charge in [-0.15, -0.1) is 11.3 Å². The smallest absolute Gasteiger partial charge is 0.159 e. The second-order valence-electron chi connectivity index (χ2n) is 5.50. The van der Waals surface area contributed by atoms with Gasteiger partial charge in [0.15, 0.2) is 11.6 Å². The topological polar surface area (TPSA) is 0 Å². The zero-order valence-electron chi connectivity index (χ0n) is 14.5. The third-order valence-electron chi connectivity index (χ3n) is 3.74. The average molecular weight is 344 g/mol. The highest BCUT2D eigenvalue weighted by molar-refractivity contribution is 7.15. The molecule has 0 N–H and O–H groups in total. The molecule has 3 aromatic rings. The molecule has 3 rings (SSSR count). The van der Waals surface area contributed by atoms with Crippen LogP contribution in [-0.2, 0) is 6.42 Å². The molecule has 0 fully saturated rings. The molecular formula is C21H22F2S. The summed E-state index contributed by atoms with van der Waals surface area (Å²) < 4.78 is 26.4. The van der Waals surface area contributed by atoms with Crippen molar-refractivity contribution in [3.63, 3.8) is 0 Å². The summed E-state index contributed by atoms with van der Waals surface area (Å²) in [7, 11) is 0. The molecule has 1 heterocycles. The first kappa shape index (κ1) is 18.3. The molecule has 0 aliphatic heterocycles. The van der Waals surface area contributed by atoms with Crippen LogP contribution in [0.15, 0.2) is 48.5 Å². The van der Waals surface area contributed by atoms with Crippen molar-refractivity contribution >= 4 is 11.3 Å². The predicted molar refractivity (Wildman–Crippen MR) is 99.7 cm³/mol. The van der Waals surface area contributed by atoms with Crippen molar-refractivity contribution in [3.8, 4) is 10.4 Å². The molecule has 1 aromatic heterocycles. The van der Waals surface area contributed by atoms with Crippen LogP contribution in [0.25, 0.3) is 10.4 Å². The van der Waals surface area contributed by atoms with Gasteiger partial charge in [0.25, 0.3) is 0 Å². The molecule has 0 bridgehead atoms. The van der Waals surface area contributed by atoms with Crippen LogP contribution in [0.4, 0.5) is 8.78 Å². The van der Waals surface area contributed by atoms with Gasteiger partial charge in [-0.3, -0.25) is 0 Å². The van der Waals surface area contributed by atoms with Gasteiger partial charge in [0.05, 0.1) is 0 Å². The lowest BCUT2D eigenvalue weighted by Crippen LogP contribution is -1.90. The second-order valence-corrected chi connectivity index (χ2v) is 6.67. The summed E-state index contributed by atoms with van der Waals surface area (Å²) in [5.74, 6) is -1.61. The standard InChI is InChI=1S/C19H16F2S.C2H6/c1-12-3-4-13(2)15(9-12)10-16-6-8-19(22-16)14-5-7-17(20)18(21)11-14;1-2/h3-9,11H,10H2,1-2H3;1-2H3. The Bertz CT molecular complexity index is 818. The molecule has 0 saturated carbocycles. The number of halogens is 2. The fourth-order valence-electron chi connectivity index (χ4n) is 2.46. The fourth-order valence-corrected chi connectivity index (χ4v) is 3.48. The van der Waals surface area contributed by atoms with E-state index < -0.39 is 11.6 Å². The minimum absolute atomic E-state index is 0.719. The summed E-state index contributed by atoms with van der Waals surface area (Å²) in [6.45, 7) is 8.20. The van der Waals surface area contributed by atoms with E-state index in [9.17, 15) is 8.78 Å². The fraction of sp³-hybridized carbons (Fsp3) is 0.238. The van der Waals surface area contributed by atoms with E-state index in [-0.39, 0.29) is 0 Å². The molecule has 0 aliphatic rings. The SMILES string of the molecule is CC.Cc1ccc(C)c(Cc2ccc(-c3ccc(F)c(F)c3)s2)c1. The highest BCUT2D eigenvalue weighted by atomic mass is 32.1. The average Bonchev–Trinajstić information content (AvgIpc) is 3.04. The van der Waals surface area contributed by atoms with Gasteiger partial charge in [0, 0.05) is 16.2 Å².